The Morgan fingerprint density at radius 1 is 1.27 bits per heavy atom. The van der Waals surface area contributed by atoms with Crippen LogP contribution in [0.25, 0.3) is 0 Å². The summed E-state index contributed by atoms with van der Waals surface area (Å²) in [7, 11) is 1.70. The molecule has 0 aliphatic carbocycles. The minimum absolute atomic E-state index is 0. The van der Waals surface area contributed by atoms with Crippen LogP contribution in [0, 0.1) is 5.82 Å². The van der Waals surface area contributed by atoms with Crippen molar-refractivity contribution in [3.8, 4) is 0 Å². The number of benzene rings is 1. The van der Waals surface area contributed by atoms with Crippen LogP contribution in [0.1, 0.15) is 25.3 Å². The van der Waals surface area contributed by atoms with Crippen molar-refractivity contribution in [2.24, 2.45) is 4.99 Å². The number of methoxy groups -OCH3 is 1. The van der Waals surface area contributed by atoms with Crippen LogP contribution in [0.3, 0.4) is 0 Å². The third-order valence-corrected chi connectivity index (χ3v) is 2.94. The second-order valence-electron chi connectivity index (χ2n) is 4.77. The maximum Gasteiger partial charge on any atom is 0.191 e. The van der Waals surface area contributed by atoms with Gasteiger partial charge < -0.3 is 15.4 Å². The molecule has 126 valence electrons. The number of rotatable bonds is 9. The number of guanidine groups is 1. The third-order valence-electron chi connectivity index (χ3n) is 2.94. The Labute approximate surface area is 149 Å². The van der Waals surface area contributed by atoms with Gasteiger partial charge in [0.2, 0.25) is 0 Å². The largest absolute Gasteiger partial charge is 0.385 e. The van der Waals surface area contributed by atoms with E-state index in [1.807, 2.05) is 13.0 Å². The summed E-state index contributed by atoms with van der Waals surface area (Å²) in [6.07, 6.45) is 2.69. The lowest BCUT2D eigenvalue weighted by Crippen LogP contribution is -2.38. The fraction of sp³-hybridized carbons (Fsp3) is 0.562. The van der Waals surface area contributed by atoms with Gasteiger partial charge in [-0.25, -0.2) is 4.39 Å². The fourth-order valence-corrected chi connectivity index (χ4v) is 1.93. The Hall–Kier alpha value is -0.890. The van der Waals surface area contributed by atoms with E-state index >= 15 is 0 Å². The van der Waals surface area contributed by atoms with Crippen molar-refractivity contribution in [1.29, 1.82) is 0 Å². The standard InChI is InChI=1S/C16H26FN3O.HI/c1-3-18-16(20-11-6-12-21-2)19-10-5-8-14-7-4-9-15(17)13-14;/h4,7,9,13H,3,5-6,8,10-12H2,1-2H3,(H2,18,19,20);1H. The second-order valence-corrected chi connectivity index (χ2v) is 4.77. The molecule has 2 N–H and O–H groups in total. The molecule has 0 bridgehead atoms. The minimum atomic E-state index is -0.177. The van der Waals surface area contributed by atoms with Crippen LogP contribution < -0.4 is 10.6 Å². The van der Waals surface area contributed by atoms with E-state index < -0.39 is 0 Å². The number of hydrogen-bond donors (Lipinski definition) is 2. The molecule has 0 aromatic heterocycles. The molecule has 4 nitrogen and oxygen atoms in total. The van der Waals surface area contributed by atoms with Gasteiger partial charge in [-0.1, -0.05) is 12.1 Å². The monoisotopic (exact) mass is 423 g/mol. The normalized spacial score (nSPS) is 11.0. The molecular formula is C16H27FIN3O. The van der Waals surface area contributed by atoms with Crippen molar-refractivity contribution < 1.29 is 9.13 Å². The third kappa shape index (κ3) is 9.94. The minimum Gasteiger partial charge on any atom is -0.385 e. The van der Waals surface area contributed by atoms with Gasteiger partial charge in [-0.3, -0.25) is 4.99 Å². The van der Waals surface area contributed by atoms with Gasteiger partial charge in [0.05, 0.1) is 0 Å². The molecular weight excluding hydrogens is 396 g/mol. The van der Waals surface area contributed by atoms with E-state index in [9.17, 15) is 4.39 Å². The highest BCUT2D eigenvalue weighted by molar-refractivity contribution is 14.0. The number of aryl methyl sites for hydroxylation is 1. The van der Waals surface area contributed by atoms with Crippen molar-refractivity contribution in [2.45, 2.75) is 26.2 Å². The van der Waals surface area contributed by atoms with Crippen molar-refractivity contribution in [1.82, 2.24) is 10.6 Å². The summed E-state index contributed by atoms with van der Waals surface area (Å²) < 4.78 is 18.1. The van der Waals surface area contributed by atoms with E-state index in [-0.39, 0.29) is 29.8 Å². The first-order valence-electron chi connectivity index (χ1n) is 7.51. The summed E-state index contributed by atoms with van der Waals surface area (Å²) in [5.74, 6) is 0.650. The number of ether oxygens (including phenoxy) is 1. The SMILES string of the molecule is CCNC(=NCCCc1cccc(F)c1)NCCCOC.I. The molecule has 0 radical (unpaired) electrons. The van der Waals surface area contributed by atoms with Gasteiger partial charge in [0.1, 0.15) is 5.82 Å². The van der Waals surface area contributed by atoms with E-state index in [0.717, 1.165) is 57.0 Å². The summed E-state index contributed by atoms with van der Waals surface area (Å²) in [5, 5.41) is 6.47. The first-order chi connectivity index (χ1) is 10.3. The fourth-order valence-electron chi connectivity index (χ4n) is 1.93. The highest BCUT2D eigenvalue weighted by atomic mass is 127. The van der Waals surface area contributed by atoms with Gasteiger partial charge >= 0.3 is 0 Å². The molecule has 0 aliphatic rings. The average Bonchev–Trinajstić information content (AvgIpc) is 2.48. The van der Waals surface area contributed by atoms with E-state index in [1.54, 1.807) is 19.2 Å². The number of halogens is 2. The van der Waals surface area contributed by atoms with Crippen LogP contribution in [0.2, 0.25) is 0 Å². The van der Waals surface area contributed by atoms with Gasteiger partial charge in [0, 0.05) is 33.4 Å². The molecule has 1 aromatic rings. The van der Waals surface area contributed by atoms with Crippen LogP contribution in [0.4, 0.5) is 4.39 Å². The number of nitrogens with one attached hydrogen (secondary N) is 2. The quantitative estimate of drug-likeness (QED) is 0.278. The summed E-state index contributed by atoms with van der Waals surface area (Å²) in [5.41, 5.74) is 1.02. The molecule has 0 heterocycles. The summed E-state index contributed by atoms with van der Waals surface area (Å²) in [6.45, 7) is 5.17. The summed E-state index contributed by atoms with van der Waals surface area (Å²) >= 11 is 0. The Balaban J connectivity index is 0.00000441. The van der Waals surface area contributed by atoms with E-state index in [4.69, 9.17) is 4.74 Å². The molecule has 0 aliphatic heterocycles. The van der Waals surface area contributed by atoms with Gasteiger partial charge in [-0.05, 0) is 43.9 Å². The predicted molar refractivity (Wildman–Crippen MR) is 101 cm³/mol. The molecule has 0 saturated carbocycles. The molecule has 0 saturated heterocycles. The van der Waals surface area contributed by atoms with Crippen LogP contribution in [-0.4, -0.2) is 39.3 Å². The predicted octanol–water partition coefficient (Wildman–Crippen LogP) is 2.97. The van der Waals surface area contributed by atoms with Gasteiger partial charge in [0.15, 0.2) is 5.96 Å². The number of nitrogens with zero attached hydrogens (tertiary/aromatic N) is 1. The zero-order valence-corrected chi connectivity index (χ0v) is 15.7. The van der Waals surface area contributed by atoms with Gasteiger partial charge in [-0.15, -0.1) is 24.0 Å². The number of aliphatic imine (C=N–C) groups is 1. The van der Waals surface area contributed by atoms with Crippen molar-refractivity contribution in [3.63, 3.8) is 0 Å². The van der Waals surface area contributed by atoms with Gasteiger partial charge in [-0.2, -0.15) is 0 Å². The summed E-state index contributed by atoms with van der Waals surface area (Å²) in [4.78, 5) is 4.51. The van der Waals surface area contributed by atoms with E-state index in [0.29, 0.717) is 0 Å². The average molecular weight is 423 g/mol. The maximum absolute atomic E-state index is 13.0. The lowest BCUT2D eigenvalue weighted by Gasteiger charge is -2.11. The highest BCUT2D eigenvalue weighted by Gasteiger charge is 1.98. The van der Waals surface area contributed by atoms with Crippen LogP contribution in [-0.2, 0) is 11.2 Å². The van der Waals surface area contributed by atoms with Crippen LogP contribution in [0.15, 0.2) is 29.3 Å². The highest BCUT2D eigenvalue weighted by Crippen LogP contribution is 2.06. The van der Waals surface area contributed by atoms with Crippen LogP contribution >= 0.6 is 24.0 Å². The lowest BCUT2D eigenvalue weighted by molar-refractivity contribution is 0.195. The zero-order valence-electron chi connectivity index (χ0n) is 13.4. The molecule has 1 rings (SSSR count). The number of hydrogen-bond acceptors (Lipinski definition) is 2. The van der Waals surface area contributed by atoms with Gasteiger partial charge in [0.25, 0.3) is 0 Å². The first-order valence-corrected chi connectivity index (χ1v) is 7.51. The van der Waals surface area contributed by atoms with Crippen molar-refractivity contribution in [2.75, 3.05) is 33.4 Å². The van der Waals surface area contributed by atoms with E-state index in [2.05, 4.69) is 15.6 Å². The molecule has 0 atom stereocenters. The topological polar surface area (TPSA) is 45.7 Å². The molecule has 0 amide bonds. The maximum atomic E-state index is 13.0. The van der Waals surface area contributed by atoms with Crippen molar-refractivity contribution >= 4 is 29.9 Å². The Morgan fingerprint density at radius 3 is 2.77 bits per heavy atom. The van der Waals surface area contributed by atoms with Crippen LogP contribution in [0.5, 0.6) is 0 Å². The second kappa shape index (κ2) is 13.8. The molecule has 1 aromatic carbocycles. The lowest BCUT2D eigenvalue weighted by atomic mass is 10.1. The molecule has 0 fully saturated rings. The molecule has 22 heavy (non-hydrogen) atoms. The molecule has 6 heteroatoms. The Bertz CT molecular complexity index is 430. The molecule has 0 spiro atoms. The van der Waals surface area contributed by atoms with Crippen molar-refractivity contribution in [3.05, 3.63) is 35.6 Å². The Morgan fingerprint density at radius 2 is 2.09 bits per heavy atom. The zero-order chi connectivity index (χ0) is 15.3. The summed E-state index contributed by atoms with van der Waals surface area (Å²) in [6, 6.07) is 6.74. The molecule has 0 unspecified atom stereocenters. The smallest absolute Gasteiger partial charge is 0.191 e. The first kappa shape index (κ1) is 21.1. The van der Waals surface area contributed by atoms with E-state index in [1.165, 1.54) is 6.07 Å². The Kier molecular flexibility index (Phi) is 13.2.